The van der Waals surface area contributed by atoms with E-state index in [1.807, 2.05) is 37.4 Å². The molecule has 1 fully saturated rings. The molecule has 1 aliphatic rings. The van der Waals surface area contributed by atoms with Crippen LogP contribution in [0, 0.1) is 5.41 Å². The summed E-state index contributed by atoms with van der Waals surface area (Å²) < 4.78 is 5.26. The largest absolute Gasteiger partial charge is 0.384 e. The van der Waals surface area contributed by atoms with E-state index in [-0.39, 0.29) is 5.91 Å². The van der Waals surface area contributed by atoms with Crippen molar-refractivity contribution in [3.63, 3.8) is 0 Å². The predicted octanol–water partition coefficient (Wildman–Crippen LogP) is 1.27. The maximum atomic E-state index is 12.7. The van der Waals surface area contributed by atoms with E-state index >= 15 is 0 Å². The number of benzene rings is 1. The van der Waals surface area contributed by atoms with Gasteiger partial charge in [-0.15, -0.1) is 0 Å². The molecule has 1 aromatic carbocycles. The minimum atomic E-state index is -0.391. The van der Waals surface area contributed by atoms with Crippen molar-refractivity contribution in [1.29, 1.82) is 0 Å². The fraction of sp³-hybridized carbons (Fsp3) is 0.533. The molecule has 1 aliphatic heterocycles. The summed E-state index contributed by atoms with van der Waals surface area (Å²) in [6.45, 7) is 2.72. The van der Waals surface area contributed by atoms with Gasteiger partial charge < -0.3 is 15.0 Å². The number of carbonyl (C=O) groups is 1. The van der Waals surface area contributed by atoms with Crippen molar-refractivity contribution >= 4 is 5.91 Å². The van der Waals surface area contributed by atoms with Crippen LogP contribution in [0.5, 0.6) is 0 Å². The molecule has 0 spiro atoms. The van der Waals surface area contributed by atoms with Crippen molar-refractivity contribution in [3.05, 3.63) is 35.9 Å². The van der Waals surface area contributed by atoms with Gasteiger partial charge in [-0.2, -0.15) is 0 Å². The van der Waals surface area contributed by atoms with Gasteiger partial charge in [0.15, 0.2) is 0 Å². The summed E-state index contributed by atoms with van der Waals surface area (Å²) in [6, 6.07) is 10.1. The first-order valence-corrected chi connectivity index (χ1v) is 6.67. The molecule has 1 N–H and O–H groups in total. The topological polar surface area (TPSA) is 41.6 Å². The van der Waals surface area contributed by atoms with Crippen LogP contribution in [0.25, 0.3) is 0 Å². The summed E-state index contributed by atoms with van der Waals surface area (Å²) in [4.78, 5) is 14.5. The fourth-order valence-electron chi connectivity index (χ4n) is 2.72. The first-order chi connectivity index (χ1) is 9.18. The van der Waals surface area contributed by atoms with Gasteiger partial charge in [0.05, 0.1) is 12.0 Å². The van der Waals surface area contributed by atoms with Crippen LogP contribution in [-0.4, -0.2) is 44.7 Å². The zero-order chi connectivity index (χ0) is 13.7. The maximum absolute atomic E-state index is 12.7. The molecule has 1 aromatic rings. The number of amides is 1. The number of ether oxygens (including phenoxy) is 1. The molecule has 1 heterocycles. The van der Waals surface area contributed by atoms with Gasteiger partial charge in [-0.1, -0.05) is 30.3 Å². The van der Waals surface area contributed by atoms with E-state index < -0.39 is 5.41 Å². The Morgan fingerprint density at radius 3 is 2.74 bits per heavy atom. The average Bonchev–Trinajstić information content (AvgIpc) is 2.89. The summed E-state index contributed by atoms with van der Waals surface area (Å²) in [5, 5.41) is 3.27. The van der Waals surface area contributed by atoms with E-state index in [9.17, 15) is 4.79 Å². The molecule has 1 unspecified atom stereocenters. The number of hydrogen-bond acceptors (Lipinski definition) is 3. The van der Waals surface area contributed by atoms with Crippen molar-refractivity contribution in [1.82, 2.24) is 10.2 Å². The zero-order valence-corrected chi connectivity index (χ0v) is 11.7. The molecule has 2 rings (SSSR count). The van der Waals surface area contributed by atoms with Crippen LogP contribution in [0.1, 0.15) is 12.0 Å². The number of carbonyl (C=O) groups excluding carboxylic acids is 1. The third-order valence-corrected chi connectivity index (χ3v) is 3.73. The van der Waals surface area contributed by atoms with Gasteiger partial charge in [-0.25, -0.2) is 0 Å². The van der Waals surface area contributed by atoms with Crippen molar-refractivity contribution in [2.24, 2.45) is 5.41 Å². The molecule has 1 amide bonds. The molecule has 0 radical (unpaired) electrons. The summed E-state index contributed by atoms with van der Waals surface area (Å²) in [6.07, 6.45) is 0.846. The lowest BCUT2D eigenvalue weighted by molar-refractivity contribution is -0.143. The highest BCUT2D eigenvalue weighted by Crippen LogP contribution is 2.28. The molecule has 0 saturated carbocycles. The quantitative estimate of drug-likeness (QED) is 0.869. The number of nitrogens with zero attached hydrogens (tertiary/aromatic N) is 1. The molecule has 4 nitrogen and oxygen atoms in total. The van der Waals surface area contributed by atoms with E-state index in [4.69, 9.17) is 4.74 Å². The van der Waals surface area contributed by atoms with Gasteiger partial charge in [0, 0.05) is 27.2 Å². The van der Waals surface area contributed by atoms with E-state index in [0.29, 0.717) is 19.7 Å². The van der Waals surface area contributed by atoms with Gasteiger partial charge in [0.2, 0.25) is 5.91 Å². The molecule has 0 bridgehead atoms. The Morgan fingerprint density at radius 2 is 2.16 bits per heavy atom. The van der Waals surface area contributed by atoms with E-state index in [1.165, 1.54) is 0 Å². The number of nitrogens with one attached hydrogen (secondary N) is 1. The SMILES string of the molecule is COCC1(C(=O)N(C)Cc2ccccc2)CCNC1. The third-order valence-electron chi connectivity index (χ3n) is 3.73. The van der Waals surface area contributed by atoms with Gasteiger partial charge in [0.25, 0.3) is 0 Å². The molecule has 1 atom stereocenters. The van der Waals surface area contributed by atoms with E-state index in [2.05, 4.69) is 5.32 Å². The zero-order valence-electron chi connectivity index (χ0n) is 11.7. The average molecular weight is 262 g/mol. The molecule has 0 aliphatic carbocycles. The second kappa shape index (κ2) is 6.17. The Balaban J connectivity index is 2.05. The lowest BCUT2D eigenvalue weighted by Crippen LogP contribution is -2.46. The van der Waals surface area contributed by atoms with Crippen molar-refractivity contribution in [2.45, 2.75) is 13.0 Å². The summed E-state index contributed by atoms with van der Waals surface area (Å²) in [5.41, 5.74) is 0.759. The predicted molar refractivity (Wildman–Crippen MR) is 74.7 cm³/mol. The molecule has 4 heteroatoms. The van der Waals surface area contributed by atoms with Crippen LogP contribution >= 0.6 is 0 Å². The van der Waals surface area contributed by atoms with Crippen molar-refractivity contribution < 1.29 is 9.53 Å². The minimum Gasteiger partial charge on any atom is -0.384 e. The van der Waals surface area contributed by atoms with E-state index in [0.717, 1.165) is 18.5 Å². The maximum Gasteiger partial charge on any atom is 0.232 e. The minimum absolute atomic E-state index is 0.170. The molecular weight excluding hydrogens is 240 g/mol. The van der Waals surface area contributed by atoms with Crippen LogP contribution in [0.2, 0.25) is 0 Å². The van der Waals surface area contributed by atoms with Crippen molar-refractivity contribution in [2.75, 3.05) is 33.9 Å². The Morgan fingerprint density at radius 1 is 1.42 bits per heavy atom. The first-order valence-electron chi connectivity index (χ1n) is 6.67. The van der Waals surface area contributed by atoms with Gasteiger partial charge in [-0.05, 0) is 18.5 Å². The Labute approximate surface area is 114 Å². The molecular formula is C15H22N2O2. The fourth-order valence-corrected chi connectivity index (χ4v) is 2.72. The van der Waals surface area contributed by atoms with Gasteiger partial charge in [0.1, 0.15) is 0 Å². The van der Waals surface area contributed by atoms with Crippen LogP contribution in [0.15, 0.2) is 30.3 Å². The molecule has 1 saturated heterocycles. The summed E-state index contributed by atoms with van der Waals surface area (Å²) >= 11 is 0. The van der Waals surface area contributed by atoms with Crippen LogP contribution < -0.4 is 5.32 Å². The van der Waals surface area contributed by atoms with Crippen LogP contribution in [0.3, 0.4) is 0 Å². The Bertz CT molecular complexity index is 413. The summed E-state index contributed by atoms with van der Waals surface area (Å²) in [5.74, 6) is 0.170. The lowest BCUT2D eigenvalue weighted by atomic mass is 9.86. The number of hydrogen-bond donors (Lipinski definition) is 1. The number of rotatable bonds is 5. The molecule has 19 heavy (non-hydrogen) atoms. The van der Waals surface area contributed by atoms with Crippen LogP contribution in [-0.2, 0) is 16.1 Å². The second-order valence-corrected chi connectivity index (χ2v) is 5.29. The Hall–Kier alpha value is -1.39. The van der Waals surface area contributed by atoms with E-state index in [1.54, 1.807) is 12.0 Å². The first kappa shape index (κ1) is 14.0. The van der Waals surface area contributed by atoms with Gasteiger partial charge in [-0.3, -0.25) is 4.79 Å². The highest BCUT2D eigenvalue weighted by Gasteiger charge is 2.42. The smallest absolute Gasteiger partial charge is 0.232 e. The Kier molecular flexibility index (Phi) is 4.56. The summed E-state index contributed by atoms with van der Waals surface area (Å²) in [7, 11) is 3.52. The lowest BCUT2D eigenvalue weighted by Gasteiger charge is -2.31. The highest BCUT2D eigenvalue weighted by molar-refractivity contribution is 5.83. The van der Waals surface area contributed by atoms with Crippen LogP contribution in [0.4, 0.5) is 0 Å². The third kappa shape index (κ3) is 3.14. The van der Waals surface area contributed by atoms with Gasteiger partial charge >= 0.3 is 0 Å². The number of methoxy groups -OCH3 is 1. The normalized spacial score (nSPS) is 22.4. The molecule has 0 aromatic heterocycles. The monoisotopic (exact) mass is 262 g/mol. The second-order valence-electron chi connectivity index (χ2n) is 5.29. The highest BCUT2D eigenvalue weighted by atomic mass is 16.5. The van der Waals surface area contributed by atoms with Crippen molar-refractivity contribution in [3.8, 4) is 0 Å². The molecule has 104 valence electrons. The standard InChI is InChI=1S/C15H22N2O2/c1-17(10-13-6-4-3-5-7-13)14(18)15(12-19-2)8-9-16-11-15/h3-7,16H,8-12H2,1-2H3.